The van der Waals surface area contributed by atoms with Crippen LogP contribution in [0, 0.1) is 0 Å². The highest BCUT2D eigenvalue weighted by molar-refractivity contribution is 6.04. The molecule has 1 fully saturated rings. The zero-order valence-electron chi connectivity index (χ0n) is 9.17. The molecule has 8 nitrogen and oxygen atoms in total. The number of anilines is 2. The van der Waals surface area contributed by atoms with Crippen LogP contribution >= 0.6 is 0 Å². The minimum Gasteiger partial charge on any atom is -0.335 e. The van der Waals surface area contributed by atoms with E-state index in [1.54, 1.807) is 17.9 Å². The van der Waals surface area contributed by atoms with Crippen LogP contribution in [0.15, 0.2) is 12.4 Å². The summed E-state index contributed by atoms with van der Waals surface area (Å²) in [7, 11) is 0. The van der Waals surface area contributed by atoms with E-state index in [-0.39, 0.29) is 18.4 Å². The SMILES string of the molecule is CC1C(=O)NC(=O)CN1c1cc(NN)ncn1. The molecule has 0 aromatic carbocycles. The summed E-state index contributed by atoms with van der Waals surface area (Å²) in [5.41, 5.74) is 2.38. The van der Waals surface area contributed by atoms with Crippen molar-refractivity contribution in [3.05, 3.63) is 12.4 Å². The van der Waals surface area contributed by atoms with E-state index in [2.05, 4.69) is 20.7 Å². The number of rotatable bonds is 2. The summed E-state index contributed by atoms with van der Waals surface area (Å²) in [6.45, 7) is 1.77. The summed E-state index contributed by atoms with van der Waals surface area (Å²) in [5.74, 6) is 5.43. The number of hydrazine groups is 1. The van der Waals surface area contributed by atoms with E-state index in [0.29, 0.717) is 11.6 Å². The van der Waals surface area contributed by atoms with Gasteiger partial charge < -0.3 is 10.3 Å². The van der Waals surface area contributed by atoms with E-state index in [1.807, 2.05) is 0 Å². The fourth-order valence-corrected chi connectivity index (χ4v) is 1.58. The van der Waals surface area contributed by atoms with E-state index in [0.717, 1.165) is 0 Å². The largest absolute Gasteiger partial charge is 0.335 e. The minimum absolute atomic E-state index is 0.0773. The molecular weight excluding hydrogens is 224 g/mol. The maximum Gasteiger partial charge on any atom is 0.249 e. The smallest absolute Gasteiger partial charge is 0.249 e. The Morgan fingerprint density at radius 3 is 3.00 bits per heavy atom. The van der Waals surface area contributed by atoms with Crippen molar-refractivity contribution in [2.75, 3.05) is 16.9 Å². The third kappa shape index (κ3) is 2.16. The van der Waals surface area contributed by atoms with Gasteiger partial charge in [0.25, 0.3) is 0 Å². The average molecular weight is 236 g/mol. The first-order valence-electron chi connectivity index (χ1n) is 5.01. The highest BCUT2D eigenvalue weighted by Crippen LogP contribution is 2.17. The Hall–Kier alpha value is -2.22. The quantitative estimate of drug-likeness (QED) is 0.329. The van der Waals surface area contributed by atoms with Gasteiger partial charge in [-0.3, -0.25) is 14.9 Å². The van der Waals surface area contributed by atoms with Gasteiger partial charge in [0.15, 0.2) is 0 Å². The molecule has 8 heteroatoms. The van der Waals surface area contributed by atoms with Crippen molar-refractivity contribution < 1.29 is 9.59 Å². The average Bonchev–Trinajstić information content (AvgIpc) is 2.34. The van der Waals surface area contributed by atoms with Gasteiger partial charge in [-0.05, 0) is 6.92 Å². The van der Waals surface area contributed by atoms with E-state index in [1.165, 1.54) is 6.33 Å². The molecule has 2 rings (SSSR count). The van der Waals surface area contributed by atoms with Gasteiger partial charge in [0.2, 0.25) is 11.8 Å². The van der Waals surface area contributed by atoms with Gasteiger partial charge in [-0.15, -0.1) is 0 Å². The highest BCUT2D eigenvalue weighted by atomic mass is 16.2. The maximum absolute atomic E-state index is 11.5. The van der Waals surface area contributed by atoms with Crippen molar-refractivity contribution in [2.45, 2.75) is 13.0 Å². The number of hydrogen-bond acceptors (Lipinski definition) is 7. The predicted molar refractivity (Wildman–Crippen MR) is 59.8 cm³/mol. The number of nitrogen functional groups attached to an aromatic ring is 1. The molecule has 0 aliphatic carbocycles. The molecule has 17 heavy (non-hydrogen) atoms. The summed E-state index contributed by atoms with van der Waals surface area (Å²) < 4.78 is 0. The summed E-state index contributed by atoms with van der Waals surface area (Å²) in [6.07, 6.45) is 1.31. The lowest BCUT2D eigenvalue weighted by atomic mass is 10.2. The van der Waals surface area contributed by atoms with Gasteiger partial charge in [-0.1, -0.05) is 0 Å². The molecule has 1 unspecified atom stereocenters. The number of nitrogens with one attached hydrogen (secondary N) is 2. The third-order valence-corrected chi connectivity index (χ3v) is 2.52. The molecule has 1 saturated heterocycles. The fourth-order valence-electron chi connectivity index (χ4n) is 1.58. The number of imide groups is 1. The molecule has 1 atom stereocenters. The first kappa shape index (κ1) is 11.3. The molecule has 0 radical (unpaired) electrons. The van der Waals surface area contributed by atoms with Gasteiger partial charge in [-0.25, -0.2) is 15.8 Å². The molecule has 1 aromatic rings. The second-order valence-corrected chi connectivity index (χ2v) is 3.62. The van der Waals surface area contributed by atoms with E-state index in [4.69, 9.17) is 5.84 Å². The zero-order chi connectivity index (χ0) is 12.4. The van der Waals surface area contributed by atoms with Crippen LogP contribution in [0.1, 0.15) is 6.92 Å². The Balaban J connectivity index is 2.30. The summed E-state index contributed by atoms with van der Waals surface area (Å²) in [6, 6.07) is 1.11. The summed E-state index contributed by atoms with van der Waals surface area (Å²) >= 11 is 0. The van der Waals surface area contributed by atoms with Gasteiger partial charge in [0.05, 0.1) is 6.54 Å². The van der Waals surface area contributed by atoms with Crippen LogP contribution in [0.3, 0.4) is 0 Å². The lowest BCUT2D eigenvalue weighted by molar-refractivity contribution is -0.132. The molecular formula is C9H12N6O2. The Kier molecular flexibility index (Phi) is 2.88. The maximum atomic E-state index is 11.5. The molecule has 2 heterocycles. The number of amides is 2. The van der Waals surface area contributed by atoms with Crippen LogP contribution in [0.2, 0.25) is 0 Å². The Labute approximate surface area is 97.2 Å². The van der Waals surface area contributed by atoms with Gasteiger partial charge in [0, 0.05) is 6.07 Å². The van der Waals surface area contributed by atoms with Crippen LogP contribution in [0.4, 0.5) is 11.6 Å². The first-order valence-corrected chi connectivity index (χ1v) is 5.01. The second-order valence-electron chi connectivity index (χ2n) is 3.62. The van der Waals surface area contributed by atoms with Gasteiger partial charge in [-0.2, -0.15) is 0 Å². The van der Waals surface area contributed by atoms with Crippen LogP contribution in [0.5, 0.6) is 0 Å². The monoisotopic (exact) mass is 236 g/mol. The zero-order valence-corrected chi connectivity index (χ0v) is 9.17. The van der Waals surface area contributed by atoms with Crippen LogP contribution in [-0.2, 0) is 9.59 Å². The Bertz CT molecular complexity index is 463. The standard InChI is InChI=1S/C9H12N6O2/c1-5-9(17)13-8(16)3-15(5)7-2-6(14-10)11-4-12-7/h2,4-5H,3,10H2,1H3,(H,11,12,14)(H,13,16,17). The number of piperazine rings is 1. The van der Waals surface area contributed by atoms with E-state index in [9.17, 15) is 9.59 Å². The lowest BCUT2D eigenvalue weighted by Gasteiger charge is -2.32. The van der Waals surface area contributed by atoms with Crippen LogP contribution < -0.4 is 21.5 Å². The molecule has 4 N–H and O–H groups in total. The minimum atomic E-state index is -0.465. The van der Waals surface area contributed by atoms with Crippen molar-refractivity contribution in [1.82, 2.24) is 15.3 Å². The number of hydrogen-bond donors (Lipinski definition) is 3. The molecule has 0 saturated carbocycles. The molecule has 0 bridgehead atoms. The third-order valence-electron chi connectivity index (χ3n) is 2.52. The summed E-state index contributed by atoms with van der Waals surface area (Å²) in [4.78, 5) is 32.2. The van der Waals surface area contributed by atoms with Gasteiger partial charge in [0.1, 0.15) is 24.0 Å². The Morgan fingerprint density at radius 2 is 2.29 bits per heavy atom. The number of carbonyl (C=O) groups is 2. The van der Waals surface area contributed by atoms with E-state index >= 15 is 0 Å². The molecule has 90 valence electrons. The number of aromatic nitrogens is 2. The van der Waals surface area contributed by atoms with Crippen molar-refractivity contribution in [3.8, 4) is 0 Å². The number of carbonyl (C=O) groups excluding carboxylic acids is 2. The summed E-state index contributed by atoms with van der Waals surface area (Å²) in [5, 5.41) is 2.25. The van der Waals surface area contributed by atoms with Crippen molar-refractivity contribution >= 4 is 23.5 Å². The van der Waals surface area contributed by atoms with Crippen molar-refractivity contribution in [2.24, 2.45) is 5.84 Å². The molecule has 1 aliphatic heterocycles. The van der Waals surface area contributed by atoms with Crippen molar-refractivity contribution in [3.63, 3.8) is 0 Å². The lowest BCUT2D eigenvalue weighted by Crippen LogP contribution is -2.57. The molecule has 0 spiro atoms. The fraction of sp³-hybridized carbons (Fsp3) is 0.333. The van der Waals surface area contributed by atoms with Crippen molar-refractivity contribution in [1.29, 1.82) is 0 Å². The first-order chi connectivity index (χ1) is 8.11. The Morgan fingerprint density at radius 1 is 1.53 bits per heavy atom. The van der Waals surface area contributed by atoms with E-state index < -0.39 is 6.04 Å². The second kappa shape index (κ2) is 4.34. The predicted octanol–water partition coefficient (Wildman–Crippen LogP) is -1.39. The van der Waals surface area contributed by atoms with Gasteiger partial charge >= 0.3 is 0 Å². The highest BCUT2D eigenvalue weighted by Gasteiger charge is 2.31. The molecule has 1 aliphatic rings. The topological polar surface area (TPSA) is 113 Å². The van der Waals surface area contributed by atoms with Crippen LogP contribution in [0.25, 0.3) is 0 Å². The number of nitrogens with two attached hydrogens (primary N) is 1. The van der Waals surface area contributed by atoms with Crippen LogP contribution in [-0.4, -0.2) is 34.4 Å². The number of nitrogens with zero attached hydrogens (tertiary/aromatic N) is 3. The normalized spacial score (nSPS) is 20.1. The molecule has 2 amide bonds. The molecule has 1 aromatic heterocycles.